The molecule has 146 valence electrons. The predicted molar refractivity (Wildman–Crippen MR) is 107 cm³/mol. The molecule has 0 aliphatic carbocycles. The van der Waals surface area contributed by atoms with Gasteiger partial charge in [-0.05, 0) is 43.2 Å². The summed E-state index contributed by atoms with van der Waals surface area (Å²) in [4.78, 5) is 12.5. The summed E-state index contributed by atoms with van der Waals surface area (Å²) in [7, 11) is -1.84. The lowest BCUT2D eigenvalue weighted by Crippen LogP contribution is -2.38. The highest BCUT2D eigenvalue weighted by atomic mass is 32.2. The van der Waals surface area contributed by atoms with E-state index in [2.05, 4.69) is 5.32 Å². The normalized spacial score (nSPS) is 13.5. The van der Waals surface area contributed by atoms with Gasteiger partial charge in [0.2, 0.25) is 10.0 Å². The van der Waals surface area contributed by atoms with Gasteiger partial charge in [-0.15, -0.1) is 0 Å². The summed E-state index contributed by atoms with van der Waals surface area (Å²) < 4.78 is 30.0. The Morgan fingerprint density at radius 1 is 1.11 bits per heavy atom. The summed E-state index contributed by atoms with van der Waals surface area (Å²) >= 11 is 0. The number of nitrogens with one attached hydrogen (secondary N) is 1. The molecule has 0 fully saturated rings. The van der Waals surface area contributed by atoms with Crippen molar-refractivity contribution in [2.24, 2.45) is 0 Å². The van der Waals surface area contributed by atoms with Gasteiger partial charge in [0.25, 0.3) is 5.91 Å². The summed E-state index contributed by atoms with van der Waals surface area (Å²) in [6.45, 7) is 3.70. The fourth-order valence-corrected chi connectivity index (χ4v) is 3.08. The molecule has 0 aromatic heterocycles. The van der Waals surface area contributed by atoms with Crippen molar-refractivity contribution < 1.29 is 17.9 Å². The van der Waals surface area contributed by atoms with Gasteiger partial charge in [-0.3, -0.25) is 9.10 Å². The highest BCUT2D eigenvalue weighted by Gasteiger charge is 2.19. The van der Waals surface area contributed by atoms with Gasteiger partial charge in [-0.2, -0.15) is 0 Å². The molecule has 0 heterocycles. The van der Waals surface area contributed by atoms with Gasteiger partial charge in [0.15, 0.2) is 6.10 Å². The Labute approximate surface area is 161 Å². The highest BCUT2D eigenvalue weighted by molar-refractivity contribution is 7.92. The van der Waals surface area contributed by atoms with Crippen molar-refractivity contribution in [2.75, 3.05) is 17.6 Å². The van der Waals surface area contributed by atoms with Crippen molar-refractivity contribution in [1.82, 2.24) is 5.32 Å². The van der Waals surface area contributed by atoms with E-state index in [0.29, 0.717) is 11.4 Å². The Bertz CT molecular complexity index is 851. The fourth-order valence-electron chi connectivity index (χ4n) is 2.58. The van der Waals surface area contributed by atoms with Crippen LogP contribution >= 0.6 is 0 Å². The van der Waals surface area contributed by atoms with E-state index in [9.17, 15) is 13.2 Å². The summed E-state index contributed by atoms with van der Waals surface area (Å²) in [5.41, 5.74) is 1.57. The van der Waals surface area contributed by atoms with Crippen molar-refractivity contribution in [3.63, 3.8) is 0 Å². The number of amides is 1. The molecule has 0 bridgehead atoms. The quantitative estimate of drug-likeness (QED) is 0.751. The maximum absolute atomic E-state index is 12.5. The Hall–Kier alpha value is -2.54. The van der Waals surface area contributed by atoms with Gasteiger partial charge in [0.05, 0.1) is 18.0 Å². The van der Waals surface area contributed by atoms with Crippen molar-refractivity contribution in [3.8, 4) is 5.75 Å². The van der Waals surface area contributed by atoms with Crippen LogP contribution in [-0.4, -0.2) is 33.7 Å². The van der Waals surface area contributed by atoms with E-state index in [1.807, 2.05) is 37.3 Å². The topological polar surface area (TPSA) is 75.7 Å². The second-order valence-electron chi connectivity index (χ2n) is 6.36. The van der Waals surface area contributed by atoms with E-state index in [1.54, 1.807) is 31.2 Å². The number of sulfonamides is 1. The second-order valence-corrected chi connectivity index (χ2v) is 8.38. The smallest absolute Gasteiger partial charge is 0.261 e. The summed E-state index contributed by atoms with van der Waals surface area (Å²) in [5, 5.41) is 3.00. The third kappa shape index (κ3) is 5.72. The molecule has 2 atom stereocenters. The molecule has 27 heavy (non-hydrogen) atoms. The zero-order chi connectivity index (χ0) is 20.0. The minimum atomic E-state index is -3.32. The summed E-state index contributed by atoms with van der Waals surface area (Å²) in [6, 6.07) is 16.3. The number of carbonyl (C=O) groups excluding carboxylic acids is 1. The van der Waals surface area contributed by atoms with E-state index in [1.165, 1.54) is 11.4 Å². The molecule has 0 spiro atoms. The molecular weight excluding hydrogens is 364 g/mol. The minimum Gasteiger partial charge on any atom is -0.481 e. The van der Waals surface area contributed by atoms with Crippen LogP contribution < -0.4 is 14.4 Å². The maximum atomic E-state index is 12.5. The molecule has 0 saturated heterocycles. The van der Waals surface area contributed by atoms with Crippen LogP contribution in [0, 0.1) is 0 Å². The van der Waals surface area contributed by atoms with E-state index in [0.717, 1.165) is 18.2 Å². The summed E-state index contributed by atoms with van der Waals surface area (Å²) in [6.07, 6.45) is 1.23. The third-order valence-corrected chi connectivity index (χ3v) is 5.51. The largest absolute Gasteiger partial charge is 0.481 e. The van der Waals surface area contributed by atoms with Gasteiger partial charge in [0.1, 0.15) is 5.75 Å². The Morgan fingerprint density at radius 3 is 2.22 bits per heavy atom. The first-order valence-electron chi connectivity index (χ1n) is 8.78. The zero-order valence-corrected chi connectivity index (χ0v) is 16.9. The Kier molecular flexibility index (Phi) is 6.85. The molecule has 2 aromatic rings. The molecular formula is C20H26N2O4S. The molecule has 7 heteroatoms. The number of anilines is 1. The highest BCUT2D eigenvalue weighted by Crippen LogP contribution is 2.21. The molecule has 0 radical (unpaired) electrons. The first kappa shape index (κ1) is 20.8. The third-order valence-electron chi connectivity index (χ3n) is 4.31. The fraction of sp³-hybridized carbons (Fsp3) is 0.350. The van der Waals surface area contributed by atoms with Gasteiger partial charge < -0.3 is 10.1 Å². The molecule has 0 aliphatic rings. The Morgan fingerprint density at radius 2 is 1.70 bits per heavy atom. The van der Waals surface area contributed by atoms with Crippen LogP contribution in [-0.2, 0) is 14.8 Å². The molecule has 0 aliphatic heterocycles. The number of hydrogen-bond acceptors (Lipinski definition) is 4. The SMILES string of the molecule is CC[C@H](NC(=O)[C@@H](C)Oc1ccc(N(C)S(C)(=O)=O)cc1)c1ccccc1. The second kappa shape index (κ2) is 8.90. The number of rotatable bonds is 8. The lowest BCUT2D eigenvalue weighted by Gasteiger charge is -2.21. The van der Waals surface area contributed by atoms with E-state index >= 15 is 0 Å². The number of benzene rings is 2. The molecule has 1 N–H and O–H groups in total. The average Bonchev–Trinajstić information content (AvgIpc) is 2.65. The van der Waals surface area contributed by atoms with Crippen molar-refractivity contribution in [3.05, 3.63) is 60.2 Å². The molecule has 2 aromatic carbocycles. The number of carbonyl (C=O) groups is 1. The van der Waals surface area contributed by atoms with Crippen molar-refractivity contribution in [1.29, 1.82) is 0 Å². The minimum absolute atomic E-state index is 0.0736. The number of ether oxygens (including phenoxy) is 1. The monoisotopic (exact) mass is 390 g/mol. The van der Waals surface area contributed by atoms with Crippen LogP contribution in [0.5, 0.6) is 5.75 Å². The standard InChI is InChI=1S/C20H26N2O4S/c1-5-19(16-9-7-6-8-10-16)21-20(23)15(2)26-18-13-11-17(12-14-18)22(3)27(4,24)25/h6-15,19H,5H2,1-4H3,(H,21,23)/t15-,19+/m1/s1. The van der Waals surface area contributed by atoms with Gasteiger partial charge >= 0.3 is 0 Å². The van der Waals surface area contributed by atoms with Gasteiger partial charge in [0, 0.05) is 7.05 Å². The van der Waals surface area contributed by atoms with E-state index in [-0.39, 0.29) is 11.9 Å². The first-order valence-corrected chi connectivity index (χ1v) is 10.6. The average molecular weight is 391 g/mol. The molecule has 1 amide bonds. The van der Waals surface area contributed by atoms with E-state index < -0.39 is 16.1 Å². The number of nitrogens with zero attached hydrogens (tertiary/aromatic N) is 1. The molecule has 0 saturated carbocycles. The van der Waals surface area contributed by atoms with Crippen LogP contribution in [0.15, 0.2) is 54.6 Å². The van der Waals surface area contributed by atoms with Crippen LogP contribution in [0.25, 0.3) is 0 Å². The maximum Gasteiger partial charge on any atom is 0.261 e. The van der Waals surface area contributed by atoms with Gasteiger partial charge in [-0.25, -0.2) is 8.42 Å². The van der Waals surface area contributed by atoms with Crippen molar-refractivity contribution >= 4 is 21.6 Å². The Balaban J connectivity index is 1.99. The van der Waals surface area contributed by atoms with Crippen LogP contribution in [0.2, 0.25) is 0 Å². The van der Waals surface area contributed by atoms with Gasteiger partial charge in [-0.1, -0.05) is 37.3 Å². The molecule has 6 nitrogen and oxygen atoms in total. The van der Waals surface area contributed by atoms with Crippen LogP contribution in [0.1, 0.15) is 31.9 Å². The molecule has 0 unspecified atom stereocenters. The van der Waals surface area contributed by atoms with Crippen molar-refractivity contribution in [2.45, 2.75) is 32.4 Å². The first-order chi connectivity index (χ1) is 12.7. The molecule has 2 rings (SSSR count). The van der Waals surface area contributed by atoms with Crippen LogP contribution in [0.3, 0.4) is 0 Å². The predicted octanol–water partition coefficient (Wildman–Crippen LogP) is 3.12. The number of hydrogen-bond donors (Lipinski definition) is 1. The van der Waals surface area contributed by atoms with Crippen LogP contribution in [0.4, 0.5) is 5.69 Å². The summed E-state index contributed by atoms with van der Waals surface area (Å²) in [5.74, 6) is 0.291. The van der Waals surface area contributed by atoms with E-state index in [4.69, 9.17) is 4.74 Å². The zero-order valence-electron chi connectivity index (χ0n) is 16.0. The lowest BCUT2D eigenvalue weighted by molar-refractivity contribution is -0.128. The lowest BCUT2D eigenvalue weighted by atomic mass is 10.0.